The van der Waals surface area contributed by atoms with Crippen molar-refractivity contribution in [2.45, 2.75) is 25.2 Å². The van der Waals surface area contributed by atoms with Gasteiger partial charge in [-0.05, 0) is 25.9 Å². The van der Waals surface area contributed by atoms with Crippen LogP contribution in [0.15, 0.2) is 0 Å². The van der Waals surface area contributed by atoms with Crippen molar-refractivity contribution < 1.29 is 13.5 Å². The Balaban J connectivity index is 2.16. The summed E-state index contributed by atoms with van der Waals surface area (Å²) >= 11 is 0. The van der Waals surface area contributed by atoms with Crippen LogP contribution in [0.5, 0.6) is 0 Å². The first-order chi connectivity index (χ1) is 6.16. The lowest BCUT2D eigenvalue weighted by Crippen LogP contribution is -2.54. The van der Waals surface area contributed by atoms with Gasteiger partial charge >= 0.3 is 0 Å². The van der Waals surface area contributed by atoms with Gasteiger partial charge in [-0.1, -0.05) is 0 Å². The third kappa shape index (κ3) is 1.46. The fraction of sp³-hybridized carbons (Fsp3) is 1.00. The quantitative estimate of drug-likeness (QED) is 0.625. The molecule has 2 saturated heterocycles. The lowest BCUT2D eigenvalue weighted by atomic mass is 9.72. The molecule has 0 aromatic rings. The summed E-state index contributed by atoms with van der Waals surface area (Å²) in [7, 11) is 0. The Bertz CT molecular complexity index is 182. The Kier molecular flexibility index (Phi) is 2.28. The van der Waals surface area contributed by atoms with E-state index in [-0.39, 0.29) is 19.6 Å². The van der Waals surface area contributed by atoms with E-state index in [1.807, 2.05) is 0 Å². The van der Waals surface area contributed by atoms with Crippen molar-refractivity contribution in [2.75, 3.05) is 26.3 Å². The van der Waals surface area contributed by atoms with Gasteiger partial charge in [0.05, 0.1) is 18.6 Å². The lowest BCUT2D eigenvalue weighted by Gasteiger charge is -2.45. The largest absolute Gasteiger partial charge is 0.380 e. The van der Waals surface area contributed by atoms with Gasteiger partial charge < -0.3 is 10.1 Å². The van der Waals surface area contributed by atoms with Crippen LogP contribution in [0.3, 0.4) is 0 Å². The van der Waals surface area contributed by atoms with Gasteiger partial charge in [0.15, 0.2) is 0 Å². The molecule has 0 unspecified atom stereocenters. The standard InChI is InChI=1S/C9H15F2NO/c10-9(11)3-6-13-7-8(9)1-4-12-5-2-8/h12H,1-7H2. The molecule has 1 N–H and O–H groups in total. The molecular formula is C9H15F2NO. The second-order valence-electron chi connectivity index (χ2n) is 4.04. The molecule has 76 valence electrons. The van der Waals surface area contributed by atoms with Crippen molar-refractivity contribution in [2.24, 2.45) is 5.41 Å². The molecule has 2 nitrogen and oxygen atoms in total. The number of alkyl halides is 2. The summed E-state index contributed by atoms with van der Waals surface area (Å²) in [6.07, 6.45) is 0.979. The predicted octanol–water partition coefficient (Wildman–Crippen LogP) is 1.41. The molecule has 0 saturated carbocycles. The van der Waals surface area contributed by atoms with Gasteiger partial charge in [0, 0.05) is 6.42 Å². The van der Waals surface area contributed by atoms with Crippen LogP contribution in [-0.4, -0.2) is 32.2 Å². The van der Waals surface area contributed by atoms with Crippen LogP contribution in [0.25, 0.3) is 0 Å². The molecule has 0 atom stereocenters. The zero-order valence-electron chi connectivity index (χ0n) is 7.61. The fourth-order valence-electron chi connectivity index (χ4n) is 2.25. The predicted molar refractivity (Wildman–Crippen MR) is 44.9 cm³/mol. The summed E-state index contributed by atoms with van der Waals surface area (Å²) in [4.78, 5) is 0. The topological polar surface area (TPSA) is 21.3 Å². The van der Waals surface area contributed by atoms with Gasteiger partial charge in [-0.2, -0.15) is 0 Å². The third-order valence-corrected chi connectivity index (χ3v) is 3.28. The summed E-state index contributed by atoms with van der Waals surface area (Å²) in [6.45, 7) is 1.84. The van der Waals surface area contributed by atoms with E-state index in [9.17, 15) is 8.78 Å². The molecule has 2 aliphatic heterocycles. The third-order valence-electron chi connectivity index (χ3n) is 3.28. The first kappa shape index (κ1) is 9.34. The first-order valence-corrected chi connectivity index (χ1v) is 4.83. The second kappa shape index (κ2) is 3.17. The summed E-state index contributed by atoms with van der Waals surface area (Å²) in [5.41, 5.74) is -0.865. The van der Waals surface area contributed by atoms with Crippen molar-refractivity contribution in [1.82, 2.24) is 5.32 Å². The molecule has 2 aliphatic rings. The Morgan fingerprint density at radius 2 is 1.77 bits per heavy atom. The maximum absolute atomic E-state index is 13.6. The highest BCUT2D eigenvalue weighted by Gasteiger charge is 2.55. The van der Waals surface area contributed by atoms with E-state index in [2.05, 4.69) is 5.32 Å². The van der Waals surface area contributed by atoms with Crippen LogP contribution in [0.1, 0.15) is 19.3 Å². The molecule has 1 spiro atoms. The molecule has 4 heteroatoms. The average Bonchev–Trinajstić information content (AvgIpc) is 2.12. The van der Waals surface area contributed by atoms with Crippen LogP contribution >= 0.6 is 0 Å². The smallest absolute Gasteiger partial charge is 0.258 e. The fourth-order valence-corrected chi connectivity index (χ4v) is 2.25. The van der Waals surface area contributed by atoms with E-state index in [1.165, 1.54) is 0 Å². The maximum Gasteiger partial charge on any atom is 0.258 e. The molecule has 13 heavy (non-hydrogen) atoms. The number of rotatable bonds is 0. The van der Waals surface area contributed by atoms with E-state index >= 15 is 0 Å². The summed E-state index contributed by atoms with van der Waals surface area (Å²) in [5.74, 6) is -2.52. The molecule has 0 radical (unpaired) electrons. The van der Waals surface area contributed by atoms with Gasteiger partial charge in [-0.25, -0.2) is 8.78 Å². The summed E-state index contributed by atoms with van der Waals surface area (Å²) in [6, 6.07) is 0. The Labute approximate surface area is 76.6 Å². The minimum atomic E-state index is -2.52. The number of piperidine rings is 1. The number of nitrogens with one attached hydrogen (secondary N) is 1. The van der Waals surface area contributed by atoms with Gasteiger partial charge in [0.2, 0.25) is 0 Å². The van der Waals surface area contributed by atoms with Crippen LogP contribution in [-0.2, 0) is 4.74 Å². The van der Waals surface area contributed by atoms with Crippen molar-refractivity contribution >= 4 is 0 Å². The highest BCUT2D eigenvalue weighted by Crippen LogP contribution is 2.48. The molecule has 0 aromatic heterocycles. The SMILES string of the molecule is FC1(F)CCOCC12CCNCC2. The number of halogens is 2. The maximum atomic E-state index is 13.6. The van der Waals surface area contributed by atoms with E-state index < -0.39 is 11.3 Å². The number of hydrogen-bond acceptors (Lipinski definition) is 2. The van der Waals surface area contributed by atoms with Crippen molar-refractivity contribution in [3.05, 3.63) is 0 Å². The molecule has 0 aliphatic carbocycles. The van der Waals surface area contributed by atoms with Crippen molar-refractivity contribution in [1.29, 1.82) is 0 Å². The molecule has 2 heterocycles. The van der Waals surface area contributed by atoms with Crippen molar-refractivity contribution in [3.63, 3.8) is 0 Å². The Hall–Kier alpha value is -0.220. The molecule has 0 amide bonds. The lowest BCUT2D eigenvalue weighted by molar-refractivity contribution is -0.208. The molecule has 0 aromatic carbocycles. The zero-order chi connectivity index (χ0) is 9.36. The van der Waals surface area contributed by atoms with E-state index in [1.54, 1.807) is 0 Å². The Morgan fingerprint density at radius 1 is 1.08 bits per heavy atom. The normalized spacial score (nSPS) is 31.8. The summed E-state index contributed by atoms with van der Waals surface area (Å²) in [5, 5.41) is 3.11. The van der Waals surface area contributed by atoms with Crippen molar-refractivity contribution in [3.8, 4) is 0 Å². The van der Waals surface area contributed by atoms with Crippen LogP contribution in [0.2, 0.25) is 0 Å². The zero-order valence-corrected chi connectivity index (χ0v) is 7.61. The minimum Gasteiger partial charge on any atom is -0.380 e. The monoisotopic (exact) mass is 191 g/mol. The number of ether oxygens (including phenoxy) is 1. The molecule has 0 bridgehead atoms. The first-order valence-electron chi connectivity index (χ1n) is 4.83. The Morgan fingerprint density at radius 3 is 2.38 bits per heavy atom. The van der Waals surface area contributed by atoms with Crippen LogP contribution < -0.4 is 5.32 Å². The van der Waals surface area contributed by atoms with Gasteiger partial charge in [0.25, 0.3) is 5.92 Å². The molecule has 2 rings (SSSR count). The minimum absolute atomic E-state index is 0.104. The van der Waals surface area contributed by atoms with E-state index in [0.717, 1.165) is 0 Å². The van der Waals surface area contributed by atoms with E-state index in [0.29, 0.717) is 25.9 Å². The average molecular weight is 191 g/mol. The highest BCUT2D eigenvalue weighted by molar-refractivity contribution is 4.97. The van der Waals surface area contributed by atoms with Gasteiger partial charge in [-0.3, -0.25) is 0 Å². The van der Waals surface area contributed by atoms with E-state index in [4.69, 9.17) is 4.74 Å². The van der Waals surface area contributed by atoms with Crippen LogP contribution in [0, 0.1) is 5.41 Å². The molecular weight excluding hydrogens is 176 g/mol. The summed E-state index contributed by atoms with van der Waals surface area (Å²) < 4.78 is 32.5. The van der Waals surface area contributed by atoms with Gasteiger partial charge in [0.1, 0.15) is 0 Å². The van der Waals surface area contributed by atoms with Crippen LogP contribution in [0.4, 0.5) is 8.78 Å². The molecule has 2 fully saturated rings. The highest BCUT2D eigenvalue weighted by atomic mass is 19.3. The van der Waals surface area contributed by atoms with Gasteiger partial charge in [-0.15, -0.1) is 0 Å². The second-order valence-corrected chi connectivity index (χ2v) is 4.04. The number of hydrogen-bond donors (Lipinski definition) is 1.